The van der Waals surface area contributed by atoms with Crippen LogP contribution in [0.2, 0.25) is 10.0 Å². The third-order valence-corrected chi connectivity index (χ3v) is 2.75. The molecule has 0 aliphatic rings. The highest BCUT2D eigenvalue weighted by Gasteiger charge is 2.07. The number of aromatic nitrogens is 1. The molecule has 0 aliphatic carbocycles. The summed E-state index contributed by atoms with van der Waals surface area (Å²) in [6.45, 7) is 0.309. The van der Waals surface area contributed by atoms with Gasteiger partial charge in [-0.2, -0.15) is 0 Å². The number of nitrogens with two attached hydrogens (primary N) is 1. The maximum Gasteiger partial charge on any atom is 0.147 e. The van der Waals surface area contributed by atoms with Crippen molar-refractivity contribution in [2.75, 3.05) is 0 Å². The average molecular weight is 269 g/mol. The first-order valence-electron chi connectivity index (χ1n) is 4.96. The van der Waals surface area contributed by atoms with Crippen LogP contribution in [0.15, 0.2) is 36.7 Å². The summed E-state index contributed by atoms with van der Waals surface area (Å²) in [5.41, 5.74) is 6.39. The van der Waals surface area contributed by atoms with E-state index in [1.54, 1.807) is 30.5 Å². The van der Waals surface area contributed by atoms with Crippen LogP contribution in [0, 0.1) is 0 Å². The molecule has 0 amide bonds. The molecule has 0 radical (unpaired) electrons. The Morgan fingerprint density at radius 2 is 2.06 bits per heavy atom. The van der Waals surface area contributed by atoms with Crippen molar-refractivity contribution in [3.8, 4) is 11.5 Å². The van der Waals surface area contributed by atoms with Crippen molar-refractivity contribution in [1.82, 2.24) is 4.98 Å². The number of pyridine rings is 1. The van der Waals surface area contributed by atoms with Gasteiger partial charge in [-0.1, -0.05) is 29.3 Å². The Morgan fingerprint density at radius 3 is 2.76 bits per heavy atom. The minimum absolute atomic E-state index is 0.309. The summed E-state index contributed by atoms with van der Waals surface area (Å²) in [7, 11) is 0. The van der Waals surface area contributed by atoms with Crippen molar-refractivity contribution >= 4 is 23.2 Å². The molecule has 0 unspecified atom stereocenters. The van der Waals surface area contributed by atoms with Gasteiger partial charge in [0.25, 0.3) is 0 Å². The van der Waals surface area contributed by atoms with Crippen LogP contribution in [-0.4, -0.2) is 4.98 Å². The van der Waals surface area contributed by atoms with E-state index in [0.717, 1.165) is 5.56 Å². The second-order valence-corrected chi connectivity index (χ2v) is 4.21. The first-order valence-corrected chi connectivity index (χ1v) is 5.72. The van der Waals surface area contributed by atoms with E-state index in [1.165, 1.54) is 6.20 Å². The molecule has 0 saturated heterocycles. The Kier molecular flexibility index (Phi) is 3.84. The lowest BCUT2D eigenvalue weighted by molar-refractivity contribution is 0.474. The molecular weight excluding hydrogens is 259 g/mol. The standard InChI is InChI=1S/C12H10Cl2N2O/c13-8-4-9(7-16-6-8)17-12-3-1-2-11(14)10(12)5-15/h1-4,6-7H,5,15H2. The predicted octanol–water partition coefficient (Wildman–Crippen LogP) is 3.64. The quantitative estimate of drug-likeness (QED) is 0.925. The third kappa shape index (κ3) is 2.88. The molecule has 3 nitrogen and oxygen atoms in total. The second-order valence-electron chi connectivity index (χ2n) is 3.36. The molecule has 2 N–H and O–H groups in total. The van der Waals surface area contributed by atoms with Gasteiger partial charge in [0.2, 0.25) is 0 Å². The van der Waals surface area contributed by atoms with Gasteiger partial charge in [-0.3, -0.25) is 4.98 Å². The van der Waals surface area contributed by atoms with Crippen LogP contribution in [0.4, 0.5) is 0 Å². The van der Waals surface area contributed by atoms with E-state index in [9.17, 15) is 0 Å². The second kappa shape index (κ2) is 5.36. The Labute approximate surface area is 109 Å². The van der Waals surface area contributed by atoms with Crippen molar-refractivity contribution in [1.29, 1.82) is 0 Å². The van der Waals surface area contributed by atoms with Crippen molar-refractivity contribution in [2.45, 2.75) is 6.54 Å². The molecule has 0 fully saturated rings. The molecular formula is C12H10Cl2N2O. The lowest BCUT2D eigenvalue weighted by Crippen LogP contribution is -2.00. The maximum atomic E-state index is 6.03. The van der Waals surface area contributed by atoms with Crippen LogP contribution < -0.4 is 10.5 Å². The van der Waals surface area contributed by atoms with Gasteiger partial charge in [0, 0.05) is 29.4 Å². The molecule has 0 spiro atoms. The maximum absolute atomic E-state index is 6.03. The summed E-state index contributed by atoms with van der Waals surface area (Å²) < 4.78 is 5.65. The highest BCUT2D eigenvalue weighted by Crippen LogP contribution is 2.30. The Balaban J connectivity index is 2.33. The van der Waals surface area contributed by atoms with E-state index < -0.39 is 0 Å². The van der Waals surface area contributed by atoms with E-state index in [-0.39, 0.29) is 0 Å². The first-order chi connectivity index (χ1) is 8.20. The summed E-state index contributed by atoms with van der Waals surface area (Å²) in [4.78, 5) is 3.94. The molecule has 0 atom stereocenters. The fourth-order valence-corrected chi connectivity index (χ4v) is 1.81. The zero-order chi connectivity index (χ0) is 12.3. The summed E-state index contributed by atoms with van der Waals surface area (Å²) in [6, 6.07) is 7.05. The lowest BCUT2D eigenvalue weighted by Gasteiger charge is -2.10. The van der Waals surface area contributed by atoms with E-state index >= 15 is 0 Å². The molecule has 1 heterocycles. The number of hydrogen-bond donors (Lipinski definition) is 1. The van der Waals surface area contributed by atoms with Crippen molar-refractivity contribution in [3.05, 3.63) is 52.3 Å². The van der Waals surface area contributed by atoms with Gasteiger partial charge < -0.3 is 10.5 Å². The summed E-state index contributed by atoms with van der Waals surface area (Å²) in [5, 5.41) is 1.10. The normalized spacial score (nSPS) is 10.3. The topological polar surface area (TPSA) is 48.1 Å². The Morgan fingerprint density at radius 1 is 1.24 bits per heavy atom. The number of ether oxygens (including phenoxy) is 1. The molecule has 0 aliphatic heterocycles. The number of halogens is 2. The molecule has 0 bridgehead atoms. The van der Waals surface area contributed by atoms with Crippen LogP contribution in [-0.2, 0) is 6.54 Å². The van der Waals surface area contributed by atoms with Gasteiger partial charge in [-0.15, -0.1) is 0 Å². The van der Waals surface area contributed by atoms with Crippen LogP contribution >= 0.6 is 23.2 Å². The lowest BCUT2D eigenvalue weighted by atomic mass is 10.2. The monoisotopic (exact) mass is 268 g/mol. The van der Waals surface area contributed by atoms with Gasteiger partial charge in [0.15, 0.2) is 0 Å². The minimum atomic E-state index is 0.309. The van der Waals surface area contributed by atoms with Gasteiger partial charge in [0.05, 0.1) is 11.2 Å². The third-order valence-electron chi connectivity index (χ3n) is 2.19. The average Bonchev–Trinajstić information content (AvgIpc) is 2.29. The van der Waals surface area contributed by atoms with Gasteiger partial charge >= 0.3 is 0 Å². The minimum Gasteiger partial charge on any atom is -0.455 e. The van der Waals surface area contributed by atoms with E-state index in [0.29, 0.717) is 28.1 Å². The number of nitrogens with zero attached hydrogens (tertiary/aromatic N) is 1. The molecule has 5 heteroatoms. The number of hydrogen-bond acceptors (Lipinski definition) is 3. The molecule has 0 saturated carbocycles. The Bertz CT molecular complexity index is 532. The predicted molar refractivity (Wildman–Crippen MR) is 68.7 cm³/mol. The number of benzene rings is 1. The van der Waals surface area contributed by atoms with Crippen molar-refractivity contribution in [2.24, 2.45) is 5.73 Å². The van der Waals surface area contributed by atoms with Gasteiger partial charge in [-0.05, 0) is 12.1 Å². The fourth-order valence-electron chi connectivity index (χ4n) is 1.41. The molecule has 17 heavy (non-hydrogen) atoms. The van der Waals surface area contributed by atoms with E-state index in [4.69, 9.17) is 33.7 Å². The van der Waals surface area contributed by atoms with E-state index in [1.807, 2.05) is 0 Å². The van der Waals surface area contributed by atoms with Gasteiger partial charge in [0.1, 0.15) is 11.5 Å². The highest BCUT2D eigenvalue weighted by atomic mass is 35.5. The molecule has 1 aromatic heterocycles. The molecule has 1 aromatic carbocycles. The summed E-state index contributed by atoms with van der Waals surface area (Å²) in [5.74, 6) is 1.17. The molecule has 88 valence electrons. The Hall–Kier alpha value is -1.29. The highest BCUT2D eigenvalue weighted by molar-refractivity contribution is 6.31. The number of rotatable bonds is 3. The van der Waals surface area contributed by atoms with Crippen molar-refractivity contribution < 1.29 is 4.74 Å². The summed E-state index contributed by atoms with van der Waals surface area (Å²) in [6.07, 6.45) is 3.11. The van der Waals surface area contributed by atoms with Crippen LogP contribution in [0.3, 0.4) is 0 Å². The molecule has 2 aromatic rings. The van der Waals surface area contributed by atoms with E-state index in [2.05, 4.69) is 4.98 Å². The first kappa shape index (κ1) is 12.2. The van der Waals surface area contributed by atoms with Crippen LogP contribution in [0.1, 0.15) is 5.56 Å². The summed E-state index contributed by atoms with van der Waals surface area (Å²) >= 11 is 11.8. The van der Waals surface area contributed by atoms with Crippen LogP contribution in [0.25, 0.3) is 0 Å². The zero-order valence-corrected chi connectivity index (χ0v) is 10.4. The smallest absolute Gasteiger partial charge is 0.147 e. The zero-order valence-electron chi connectivity index (χ0n) is 8.86. The SMILES string of the molecule is NCc1c(Cl)cccc1Oc1cncc(Cl)c1. The van der Waals surface area contributed by atoms with Gasteiger partial charge in [-0.25, -0.2) is 0 Å². The largest absolute Gasteiger partial charge is 0.455 e. The molecule has 2 rings (SSSR count). The fraction of sp³-hybridized carbons (Fsp3) is 0.0833. The van der Waals surface area contributed by atoms with Crippen molar-refractivity contribution in [3.63, 3.8) is 0 Å². The van der Waals surface area contributed by atoms with Crippen LogP contribution in [0.5, 0.6) is 11.5 Å².